The van der Waals surface area contributed by atoms with Crippen molar-refractivity contribution in [2.45, 2.75) is 6.92 Å². The van der Waals surface area contributed by atoms with E-state index in [-0.39, 0.29) is 5.97 Å². The highest BCUT2D eigenvalue weighted by molar-refractivity contribution is 5.89. The molecule has 0 atom stereocenters. The predicted molar refractivity (Wildman–Crippen MR) is 55.8 cm³/mol. The highest BCUT2D eigenvalue weighted by atomic mass is 16.5. The summed E-state index contributed by atoms with van der Waals surface area (Å²) in [5, 5.41) is 0. The third-order valence-electron chi connectivity index (χ3n) is 1.68. The molecule has 1 aromatic rings. The van der Waals surface area contributed by atoms with E-state index in [4.69, 9.17) is 4.74 Å². The molecule has 0 aliphatic rings. The third kappa shape index (κ3) is 2.90. The van der Waals surface area contributed by atoms with Crippen LogP contribution in [0.25, 0.3) is 0 Å². The van der Waals surface area contributed by atoms with Crippen LogP contribution in [-0.2, 0) is 4.74 Å². The topological polar surface area (TPSA) is 26.3 Å². The average molecular weight is 188 g/mol. The van der Waals surface area contributed by atoms with Crippen LogP contribution in [0.1, 0.15) is 17.3 Å². The van der Waals surface area contributed by atoms with Crippen molar-refractivity contribution in [3.63, 3.8) is 0 Å². The molecule has 0 spiro atoms. The van der Waals surface area contributed by atoms with Gasteiger partial charge < -0.3 is 4.74 Å². The van der Waals surface area contributed by atoms with Gasteiger partial charge in [-0.2, -0.15) is 0 Å². The molecular formula is C12H12O2. The predicted octanol–water partition coefficient (Wildman–Crippen LogP) is 2.93. The van der Waals surface area contributed by atoms with E-state index in [1.54, 1.807) is 30.3 Å². The Balaban J connectivity index is 2.65. The first-order chi connectivity index (χ1) is 6.74. The number of carbonyl (C=O) groups is 1. The number of allylic oxidation sites excluding steroid dienone is 2. The van der Waals surface area contributed by atoms with Crippen LogP contribution in [0.2, 0.25) is 0 Å². The molecule has 0 saturated carbocycles. The van der Waals surface area contributed by atoms with E-state index in [9.17, 15) is 4.79 Å². The second-order valence-corrected chi connectivity index (χ2v) is 2.84. The lowest BCUT2D eigenvalue weighted by Gasteiger charge is -1.99. The molecule has 0 aliphatic heterocycles. The van der Waals surface area contributed by atoms with E-state index in [1.165, 1.54) is 6.26 Å². The largest absolute Gasteiger partial charge is 0.431 e. The van der Waals surface area contributed by atoms with Crippen molar-refractivity contribution in [3.05, 3.63) is 60.4 Å². The minimum Gasteiger partial charge on any atom is -0.431 e. The fraction of sp³-hybridized carbons (Fsp3) is 0.0833. The smallest absolute Gasteiger partial charge is 0.342 e. The molecule has 2 nitrogen and oxygen atoms in total. The molecule has 0 N–H and O–H groups in total. The summed E-state index contributed by atoms with van der Waals surface area (Å²) in [4.78, 5) is 11.4. The van der Waals surface area contributed by atoms with E-state index in [1.807, 2.05) is 13.0 Å². The number of esters is 1. The molecule has 2 heteroatoms. The van der Waals surface area contributed by atoms with Gasteiger partial charge in [-0.1, -0.05) is 30.9 Å². The van der Waals surface area contributed by atoms with Crippen LogP contribution in [0, 0.1) is 0 Å². The van der Waals surface area contributed by atoms with Crippen LogP contribution >= 0.6 is 0 Å². The van der Waals surface area contributed by atoms with Gasteiger partial charge in [0.25, 0.3) is 0 Å². The first-order valence-corrected chi connectivity index (χ1v) is 4.29. The Bertz CT molecular complexity index is 350. The maximum Gasteiger partial charge on any atom is 0.342 e. The first-order valence-electron chi connectivity index (χ1n) is 4.29. The average Bonchev–Trinajstić information content (AvgIpc) is 2.26. The standard InChI is InChI=1S/C12H12O2/c1-3-10(2)9-14-12(13)11-7-5-4-6-8-11/h3-9H,1H2,2H3. The lowest BCUT2D eigenvalue weighted by molar-refractivity contribution is 0.0661. The zero-order valence-electron chi connectivity index (χ0n) is 8.07. The maximum absolute atomic E-state index is 11.4. The fourth-order valence-corrected chi connectivity index (χ4v) is 0.837. The zero-order chi connectivity index (χ0) is 10.4. The Morgan fingerprint density at radius 2 is 2.00 bits per heavy atom. The number of rotatable bonds is 3. The molecule has 0 aliphatic carbocycles. The van der Waals surface area contributed by atoms with E-state index >= 15 is 0 Å². The molecule has 0 saturated heterocycles. The van der Waals surface area contributed by atoms with Crippen molar-refractivity contribution in [3.8, 4) is 0 Å². The Kier molecular flexibility index (Phi) is 3.68. The van der Waals surface area contributed by atoms with E-state index in [0.717, 1.165) is 5.57 Å². The van der Waals surface area contributed by atoms with Crippen molar-refractivity contribution in [2.24, 2.45) is 0 Å². The van der Waals surface area contributed by atoms with Gasteiger partial charge in [0.1, 0.15) is 0 Å². The summed E-state index contributed by atoms with van der Waals surface area (Å²) in [5.74, 6) is -0.355. The highest BCUT2D eigenvalue weighted by Crippen LogP contribution is 2.02. The summed E-state index contributed by atoms with van der Waals surface area (Å²) in [6, 6.07) is 8.85. The lowest BCUT2D eigenvalue weighted by Crippen LogP contribution is -1.99. The molecule has 0 bridgehead atoms. The summed E-state index contributed by atoms with van der Waals surface area (Å²) in [7, 11) is 0. The summed E-state index contributed by atoms with van der Waals surface area (Å²) in [6.07, 6.45) is 3.01. The SMILES string of the molecule is C=CC(C)=COC(=O)c1ccccc1. The van der Waals surface area contributed by atoms with Gasteiger partial charge >= 0.3 is 5.97 Å². The third-order valence-corrected chi connectivity index (χ3v) is 1.68. The highest BCUT2D eigenvalue weighted by Gasteiger charge is 2.03. The minimum absolute atomic E-state index is 0.355. The van der Waals surface area contributed by atoms with Crippen LogP contribution in [0.4, 0.5) is 0 Å². The molecule has 0 aromatic heterocycles. The van der Waals surface area contributed by atoms with Crippen LogP contribution in [0.5, 0.6) is 0 Å². The number of benzene rings is 1. The number of hydrogen-bond acceptors (Lipinski definition) is 2. The molecular weight excluding hydrogens is 176 g/mol. The zero-order valence-corrected chi connectivity index (χ0v) is 8.07. The van der Waals surface area contributed by atoms with Gasteiger partial charge in [-0.15, -0.1) is 0 Å². The summed E-state index contributed by atoms with van der Waals surface area (Å²) in [6.45, 7) is 5.36. The molecule has 72 valence electrons. The minimum atomic E-state index is -0.355. The van der Waals surface area contributed by atoms with Crippen molar-refractivity contribution < 1.29 is 9.53 Å². The fourth-order valence-electron chi connectivity index (χ4n) is 0.837. The van der Waals surface area contributed by atoms with Gasteiger partial charge in [0.2, 0.25) is 0 Å². The summed E-state index contributed by atoms with van der Waals surface area (Å²) in [5.41, 5.74) is 1.36. The monoisotopic (exact) mass is 188 g/mol. The van der Waals surface area contributed by atoms with Crippen LogP contribution < -0.4 is 0 Å². The molecule has 1 aromatic carbocycles. The summed E-state index contributed by atoms with van der Waals surface area (Å²) < 4.78 is 4.91. The van der Waals surface area contributed by atoms with Gasteiger partial charge in [0, 0.05) is 0 Å². The van der Waals surface area contributed by atoms with E-state index in [0.29, 0.717) is 5.56 Å². The second kappa shape index (κ2) is 5.02. The second-order valence-electron chi connectivity index (χ2n) is 2.84. The molecule has 0 amide bonds. The van der Waals surface area contributed by atoms with Gasteiger partial charge in [0.05, 0.1) is 11.8 Å². The Labute approximate surface area is 83.5 Å². The molecule has 14 heavy (non-hydrogen) atoms. The number of hydrogen-bond donors (Lipinski definition) is 0. The van der Waals surface area contributed by atoms with Gasteiger partial charge in [-0.3, -0.25) is 0 Å². The van der Waals surface area contributed by atoms with E-state index < -0.39 is 0 Å². The molecule has 0 unspecified atom stereocenters. The summed E-state index contributed by atoms with van der Waals surface area (Å²) >= 11 is 0. The number of carbonyl (C=O) groups excluding carboxylic acids is 1. The lowest BCUT2D eigenvalue weighted by atomic mass is 10.2. The van der Waals surface area contributed by atoms with Gasteiger partial charge in [-0.05, 0) is 24.6 Å². The van der Waals surface area contributed by atoms with Crippen molar-refractivity contribution in [1.82, 2.24) is 0 Å². The molecule has 0 heterocycles. The quantitative estimate of drug-likeness (QED) is 0.414. The van der Waals surface area contributed by atoms with Crippen molar-refractivity contribution in [2.75, 3.05) is 0 Å². The van der Waals surface area contributed by atoms with Crippen LogP contribution in [-0.4, -0.2) is 5.97 Å². The molecule has 0 radical (unpaired) electrons. The Morgan fingerprint density at radius 1 is 1.36 bits per heavy atom. The number of ether oxygens (including phenoxy) is 1. The molecule has 0 fully saturated rings. The van der Waals surface area contributed by atoms with Gasteiger partial charge in [-0.25, -0.2) is 4.79 Å². The van der Waals surface area contributed by atoms with Crippen molar-refractivity contribution in [1.29, 1.82) is 0 Å². The Hall–Kier alpha value is -1.83. The van der Waals surface area contributed by atoms with Crippen molar-refractivity contribution >= 4 is 5.97 Å². The van der Waals surface area contributed by atoms with Gasteiger partial charge in [0.15, 0.2) is 0 Å². The normalized spacial score (nSPS) is 10.8. The maximum atomic E-state index is 11.4. The first kappa shape index (κ1) is 10.3. The molecule has 1 rings (SSSR count). The Morgan fingerprint density at radius 3 is 2.57 bits per heavy atom. The van der Waals surface area contributed by atoms with Crippen LogP contribution in [0.3, 0.4) is 0 Å². The van der Waals surface area contributed by atoms with E-state index in [2.05, 4.69) is 6.58 Å². The van der Waals surface area contributed by atoms with Crippen LogP contribution in [0.15, 0.2) is 54.8 Å².